The largest absolute Gasteiger partial charge is 0.378 e. The molecule has 0 spiro atoms. The van der Waals surface area contributed by atoms with E-state index in [1.54, 1.807) is 0 Å². The van der Waals surface area contributed by atoms with Crippen molar-refractivity contribution in [1.82, 2.24) is 5.32 Å². The van der Waals surface area contributed by atoms with Crippen LogP contribution in [0.3, 0.4) is 0 Å². The molecule has 1 aliphatic heterocycles. The smallest absolute Gasteiger partial charge is 0.236 e. The van der Waals surface area contributed by atoms with E-state index in [1.165, 1.54) is 0 Å². The van der Waals surface area contributed by atoms with Gasteiger partial charge in [-0.1, -0.05) is 27.7 Å². The fourth-order valence-corrected chi connectivity index (χ4v) is 2.80. The Hall–Kier alpha value is -0.320. The lowest BCUT2D eigenvalue weighted by Crippen LogP contribution is -2.46. The van der Waals surface area contributed by atoms with Crippen LogP contribution in [0.5, 0.6) is 0 Å². The van der Waals surface area contributed by atoms with Crippen LogP contribution in [0.15, 0.2) is 0 Å². The third kappa shape index (κ3) is 6.42. The van der Waals surface area contributed by atoms with Crippen LogP contribution in [-0.4, -0.2) is 31.2 Å². The van der Waals surface area contributed by atoms with Gasteiger partial charge in [0.1, 0.15) is 0 Å². The molecular weight excluding hydrogens is 276 g/mol. The van der Waals surface area contributed by atoms with E-state index in [0.717, 1.165) is 25.9 Å². The van der Waals surface area contributed by atoms with Crippen LogP contribution in [-0.2, 0) is 9.53 Å². The predicted molar refractivity (Wildman–Crippen MR) is 85.0 cm³/mol. The molecule has 5 heteroatoms. The highest BCUT2D eigenvalue weighted by Gasteiger charge is 2.29. The van der Waals surface area contributed by atoms with Crippen LogP contribution in [0.4, 0.5) is 0 Å². The number of amides is 1. The molecule has 0 aliphatic carbocycles. The normalized spacial score (nSPS) is 24.4. The minimum atomic E-state index is -0.387. The van der Waals surface area contributed by atoms with Crippen molar-refractivity contribution < 1.29 is 9.53 Å². The highest BCUT2D eigenvalue weighted by molar-refractivity contribution is 5.85. The first kappa shape index (κ1) is 19.7. The number of nitrogens with one attached hydrogen (secondary N) is 1. The molecular formula is C15H31ClN2O2. The number of nitrogens with two attached hydrogens (primary N) is 1. The summed E-state index contributed by atoms with van der Waals surface area (Å²) < 4.78 is 5.83. The Kier molecular flexibility index (Phi) is 9.43. The Morgan fingerprint density at radius 2 is 2.00 bits per heavy atom. The van der Waals surface area contributed by atoms with E-state index in [2.05, 4.69) is 33.0 Å². The van der Waals surface area contributed by atoms with Crippen molar-refractivity contribution in [3.8, 4) is 0 Å². The minimum Gasteiger partial charge on any atom is -0.378 e. The van der Waals surface area contributed by atoms with Gasteiger partial charge >= 0.3 is 0 Å². The molecule has 0 bridgehead atoms. The molecule has 0 aromatic carbocycles. The fourth-order valence-electron chi connectivity index (χ4n) is 2.80. The lowest BCUT2D eigenvalue weighted by molar-refractivity contribution is -0.123. The van der Waals surface area contributed by atoms with Gasteiger partial charge in [-0.3, -0.25) is 4.79 Å². The zero-order valence-corrected chi connectivity index (χ0v) is 14.0. The summed E-state index contributed by atoms with van der Waals surface area (Å²) in [4.78, 5) is 11.9. The van der Waals surface area contributed by atoms with Gasteiger partial charge in [-0.15, -0.1) is 12.4 Å². The highest BCUT2D eigenvalue weighted by Crippen LogP contribution is 2.25. The van der Waals surface area contributed by atoms with E-state index in [0.29, 0.717) is 24.3 Å². The van der Waals surface area contributed by atoms with Crippen LogP contribution >= 0.6 is 12.4 Å². The Morgan fingerprint density at radius 3 is 2.55 bits per heavy atom. The summed E-state index contributed by atoms with van der Waals surface area (Å²) in [6.07, 6.45) is 3.21. The molecule has 0 aromatic rings. The van der Waals surface area contributed by atoms with Gasteiger partial charge in [0, 0.05) is 19.1 Å². The molecule has 20 heavy (non-hydrogen) atoms. The van der Waals surface area contributed by atoms with Crippen molar-refractivity contribution in [1.29, 1.82) is 0 Å². The Morgan fingerprint density at radius 1 is 1.35 bits per heavy atom. The summed E-state index contributed by atoms with van der Waals surface area (Å²) in [5.41, 5.74) is 5.88. The Bertz CT molecular complexity index is 285. The number of rotatable bonds is 6. The monoisotopic (exact) mass is 306 g/mol. The summed E-state index contributed by atoms with van der Waals surface area (Å²) in [7, 11) is 0. The summed E-state index contributed by atoms with van der Waals surface area (Å²) in [5.74, 6) is 1.33. The first-order chi connectivity index (χ1) is 8.91. The molecule has 1 heterocycles. The molecule has 1 aliphatic rings. The summed E-state index contributed by atoms with van der Waals surface area (Å²) in [5, 5.41) is 3.00. The minimum absolute atomic E-state index is 0. The number of carbonyl (C=O) groups is 1. The maximum Gasteiger partial charge on any atom is 0.236 e. The zero-order valence-electron chi connectivity index (χ0n) is 13.2. The van der Waals surface area contributed by atoms with Crippen LogP contribution in [0.25, 0.3) is 0 Å². The van der Waals surface area contributed by atoms with Crippen LogP contribution < -0.4 is 11.1 Å². The van der Waals surface area contributed by atoms with E-state index in [-0.39, 0.29) is 30.5 Å². The van der Waals surface area contributed by atoms with Gasteiger partial charge in [0.2, 0.25) is 5.91 Å². The first-order valence-corrected chi connectivity index (χ1v) is 7.56. The van der Waals surface area contributed by atoms with Crippen molar-refractivity contribution in [3.63, 3.8) is 0 Å². The summed E-state index contributed by atoms with van der Waals surface area (Å²) in [6.45, 7) is 10.0. The van der Waals surface area contributed by atoms with Crippen LogP contribution in [0, 0.1) is 17.8 Å². The molecule has 120 valence electrons. The average Bonchev–Trinajstić information content (AvgIpc) is 2.35. The molecule has 3 N–H and O–H groups in total. The van der Waals surface area contributed by atoms with Gasteiger partial charge in [-0.05, 0) is 31.1 Å². The summed E-state index contributed by atoms with van der Waals surface area (Å²) in [6, 6.07) is -0.387. The molecule has 1 rings (SSSR count). The first-order valence-electron chi connectivity index (χ1n) is 7.56. The maximum absolute atomic E-state index is 11.9. The Balaban J connectivity index is 0.00000361. The van der Waals surface area contributed by atoms with E-state index in [1.807, 2.05) is 0 Å². The van der Waals surface area contributed by atoms with Crippen LogP contribution in [0.1, 0.15) is 47.0 Å². The number of ether oxygens (including phenoxy) is 1. The van der Waals surface area contributed by atoms with Crippen LogP contribution in [0.2, 0.25) is 0 Å². The van der Waals surface area contributed by atoms with Crippen molar-refractivity contribution >= 4 is 18.3 Å². The summed E-state index contributed by atoms with van der Waals surface area (Å²) >= 11 is 0. The number of hydrogen-bond acceptors (Lipinski definition) is 3. The van der Waals surface area contributed by atoms with E-state index in [4.69, 9.17) is 10.5 Å². The van der Waals surface area contributed by atoms with Gasteiger partial charge in [0.15, 0.2) is 0 Å². The standard InChI is InChI=1S/C15H30N2O2.ClH/c1-10(2)8-13(16)15(18)17-9-12-6-5-7-19-14(12)11(3)4;/h10-14H,5-9,16H2,1-4H3,(H,17,18);1H/t12?,13-,14?;/m0./s1. The van der Waals surface area contributed by atoms with Gasteiger partial charge in [0.05, 0.1) is 12.1 Å². The predicted octanol–water partition coefficient (Wildman–Crippen LogP) is 2.35. The fraction of sp³-hybridized carbons (Fsp3) is 0.933. The second kappa shape index (κ2) is 9.59. The van der Waals surface area contributed by atoms with E-state index < -0.39 is 0 Å². The molecule has 0 aromatic heterocycles. The molecule has 0 radical (unpaired) electrons. The third-order valence-corrected chi connectivity index (χ3v) is 3.75. The molecule has 4 nitrogen and oxygen atoms in total. The number of halogens is 1. The second-order valence-corrected chi connectivity index (χ2v) is 6.46. The molecule has 0 saturated carbocycles. The van der Waals surface area contributed by atoms with Gasteiger partial charge in [-0.2, -0.15) is 0 Å². The quantitative estimate of drug-likeness (QED) is 0.791. The Labute approximate surface area is 129 Å². The zero-order chi connectivity index (χ0) is 14.4. The number of carbonyl (C=O) groups excluding carboxylic acids is 1. The number of hydrogen-bond donors (Lipinski definition) is 2. The van der Waals surface area contributed by atoms with Gasteiger partial charge < -0.3 is 15.8 Å². The average molecular weight is 307 g/mol. The molecule has 1 amide bonds. The molecule has 1 saturated heterocycles. The lowest BCUT2D eigenvalue weighted by Gasteiger charge is -2.34. The SMILES string of the molecule is CC(C)C[C@H](N)C(=O)NCC1CCCOC1C(C)C.Cl. The molecule has 2 unspecified atom stereocenters. The van der Waals surface area contributed by atoms with E-state index in [9.17, 15) is 4.79 Å². The van der Waals surface area contributed by atoms with Crippen molar-refractivity contribution in [2.75, 3.05) is 13.2 Å². The van der Waals surface area contributed by atoms with Crippen molar-refractivity contribution in [2.24, 2.45) is 23.5 Å². The third-order valence-electron chi connectivity index (χ3n) is 3.75. The lowest BCUT2D eigenvalue weighted by atomic mass is 9.87. The van der Waals surface area contributed by atoms with Gasteiger partial charge in [-0.25, -0.2) is 0 Å². The van der Waals surface area contributed by atoms with Crippen molar-refractivity contribution in [2.45, 2.75) is 59.1 Å². The van der Waals surface area contributed by atoms with E-state index >= 15 is 0 Å². The maximum atomic E-state index is 11.9. The molecule has 1 fully saturated rings. The van der Waals surface area contributed by atoms with Crippen molar-refractivity contribution in [3.05, 3.63) is 0 Å². The molecule has 3 atom stereocenters. The van der Waals surface area contributed by atoms with Gasteiger partial charge in [0.25, 0.3) is 0 Å². The topological polar surface area (TPSA) is 64.4 Å². The highest BCUT2D eigenvalue weighted by atomic mass is 35.5. The second-order valence-electron chi connectivity index (χ2n) is 6.46.